The molecule has 110 valence electrons. The summed E-state index contributed by atoms with van der Waals surface area (Å²) in [6.45, 7) is 6.00. The Balaban J connectivity index is 2.43. The molecule has 1 rings (SSSR count). The summed E-state index contributed by atoms with van der Waals surface area (Å²) in [5, 5.41) is 10.5. The minimum atomic E-state index is -0.796. The molecule has 0 fully saturated rings. The van der Waals surface area contributed by atoms with E-state index in [-0.39, 0.29) is 17.5 Å². The maximum atomic E-state index is 11.5. The van der Waals surface area contributed by atoms with Crippen molar-refractivity contribution in [3.05, 3.63) is 34.4 Å². The van der Waals surface area contributed by atoms with Crippen LogP contribution in [-0.2, 0) is 4.74 Å². The molecular weight excluding hydrogens is 262 g/mol. The number of hydrogen-bond donors (Lipinski definition) is 0. The Kier molecular flexibility index (Phi) is 5.96. The first-order chi connectivity index (χ1) is 9.38. The van der Waals surface area contributed by atoms with Gasteiger partial charge in [-0.25, -0.2) is 4.79 Å². The standard InChI is InChI=1S/C14H19NO5/c1-10(2)4-5-11(3)19-14(16)20-13-8-6-12(7-9-13)15(17)18/h6-11H,4-5H2,1-3H3. The highest BCUT2D eigenvalue weighted by molar-refractivity contribution is 5.64. The number of non-ortho nitro benzene ring substituents is 1. The lowest BCUT2D eigenvalue weighted by atomic mass is 10.1. The molecule has 0 amide bonds. The normalized spacial score (nSPS) is 12.0. The smallest absolute Gasteiger partial charge is 0.431 e. The lowest BCUT2D eigenvalue weighted by Gasteiger charge is -2.14. The van der Waals surface area contributed by atoms with Crippen LogP contribution in [0.1, 0.15) is 33.6 Å². The van der Waals surface area contributed by atoms with Gasteiger partial charge in [0, 0.05) is 12.1 Å². The van der Waals surface area contributed by atoms with Crippen LogP contribution >= 0.6 is 0 Å². The zero-order valence-corrected chi connectivity index (χ0v) is 11.9. The zero-order chi connectivity index (χ0) is 15.1. The van der Waals surface area contributed by atoms with Crippen molar-refractivity contribution in [2.24, 2.45) is 5.92 Å². The number of carbonyl (C=O) groups is 1. The highest BCUT2D eigenvalue weighted by Gasteiger charge is 2.13. The minimum absolute atomic E-state index is 0.0592. The maximum absolute atomic E-state index is 11.5. The summed E-state index contributed by atoms with van der Waals surface area (Å²) in [4.78, 5) is 21.5. The van der Waals surface area contributed by atoms with Crippen molar-refractivity contribution in [1.29, 1.82) is 0 Å². The van der Waals surface area contributed by atoms with Crippen LogP contribution in [-0.4, -0.2) is 17.2 Å². The highest BCUT2D eigenvalue weighted by atomic mass is 16.7. The van der Waals surface area contributed by atoms with E-state index in [9.17, 15) is 14.9 Å². The van der Waals surface area contributed by atoms with E-state index in [0.717, 1.165) is 12.8 Å². The third kappa shape index (κ3) is 5.69. The van der Waals surface area contributed by atoms with E-state index < -0.39 is 11.1 Å². The molecule has 0 N–H and O–H groups in total. The van der Waals surface area contributed by atoms with Crippen LogP contribution < -0.4 is 4.74 Å². The topological polar surface area (TPSA) is 78.7 Å². The Hall–Kier alpha value is -2.11. The van der Waals surface area contributed by atoms with Gasteiger partial charge in [0.05, 0.1) is 4.92 Å². The van der Waals surface area contributed by atoms with Gasteiger partial charge >= 0.3 is 6.16 Å². The summed E-state index contributed by atoms with van der Waals surface area (Å²) >= 11 is 0. The lowest BCUT2D eigenvalue weighted by Crippen LogP contribution is -2.18. The molecule has 0 aliphatic heterocycles. The molecule has 0 bridgehead atoms. The maximum Gasteiger partial charge on any atom is 0.514 e. The van der Waals surface area contributed by atoms with Gasteiger partial charge in [-0.15, -0.1) is 0 Å². The third-order valence-electron chi connectivity index (χ3n) is 2.70. The molecule has 0 aliphatic carbocycles. The van der Waals surface area contributed by atoms with E-state index in [4.69, 9.17) is 9.47 Å². The largest absolute Gasteiger partial charge is 0.514 e. The quantitative estimate of drug-likeness (QED) is 0.341. The second-order valence-electron chi connectivity index (χ2n) is 5.00. The van der Waals surface area contributed by atoms with Crippen LogP contribution in [0.4, 0.5) is 10.5 Å². The number of benzene rings is 1. The van der Waals surface area contributed by atoms with Gasteiger partial charge in [0.2, 0.25) is 0 Å². The number of nitrogens with zero attached hydrogens (tertiary/aromatic N) is 1. The molecule has 0 saturated carbocycles. The van der Waals surface area contributed by atoms with Crippen molar-refractivity contribution in [3.8, 4) is 5.75 Å². The Morgan fingerprint density at radius 3 is 2.30 bits per heavy atom. The first-order valence-corrected chi connectivity index (χ1v) is 6.51. The molecule has 1 aromatic carbocycles. The Morgan fingerprint density at radius 2 is 1.80 bits per heavy atom. The van der Waals surface area contributed by atoms with E-state index in [2.05, 4.69) is 13.8 Å². The molecule has 0 aromatic heterocycles. The molecule has 0 radical (unpaired) electrons. The number of hydrogen-bond acceptors (Lipinski definition) is 5. The molecule has 0 saturated heterocycles. The Bertz CT molecular complexity index is 455. The average Bonchev–Trinajstić information content (AvgIpc) is 2.36. The van der Waals surface area contributed by atoms with Crippen molar-refractivity contribution in [1.82, 2.24) is 0 Å². The molecule has 0 spiro atoms. The van der Waals surface area contributed by atoms with Gasteiger partial charge < -0.3 is 9.47 Å². The molecule has 0 heterocycles. The molecule has 1 atom stereocenters. The van der Waals surface area contributed by atoms with Gasteiger partial charge in [-0.3, -0.25) is 10.1 Å². The fourth-order valence-electron chi connectivity index (χ4n) is 1.55. The zero-order valence-electron chi connectivity index (χ0n) is 11.9. The second kappa shape index (κ2) is 7.47. The van der Waals surface area contributed by atoms with Gasteiger partial charge in [0.25, 0.3) is 5.69 Å². The van der Waals surface area contributed by atoms with Gasteiger partial charge in [0.1, 0.15) is 11.9 Å². The number of carbonyl (C=O) groups excluding carboxylic acids is 1. The number of nitro benzene ring substituents is 1. The van der Waals surface area contributed by atoms with Gasteiger partial charge in [-0.2, -0.15) is 0 Å². The van der Waals surface area contributed by atoms with Crippen LogP contribution in [0, 0.1) is 16.0 Å². The van der Waals surface area contributed by atoms with Crippen LogP contribution in [0.25, 0.3) is 0 Å². The van der Waals surface area contributed by atoms with E-state index in [0.29, 0.717) is 5.92 Å². The Morgan fingerprint density at radius 1 is 1.20 bits per heavy atom. The van der Waals surface area contributed by atoms with Crippen molar-refractivity contribution in [2.75, 3.05) is 0 Å². The van der Waals surface area contributed by atoms with Gasteiger partial charge in [-0.1, -0.05) is 13.8 Å². The fraction of sp³-hybridized carbons (Fsp3) is 0.500. The summed E-state index contributed by atoms with van der Waals surface area (Å²) < 4.78 is 10.0. The SMILES string of the molecule is CC(C)CCC(C)OC(=O)Oc1ccc([N+](=O)[O-])cc1. The molecule has 1 aromatic rings. The first kappa shape index (κ1) is 15.9. The highest BCUT2D eigenvalue weighted by Crippen LogP contribution is 2.18. The molecular formula is C14H19NO5. The van der Waals surface area contributed by atoms with E-state index in [1.807, 2.05) is 0 Å². The predicted molar refractivity (Wildman–Crippen MR) is 73.7 cm³/mol. The molecule has 6 nitrogen and oxygen atoms in total. The lowest BCUT2D eigenvalue weighted by molar-refractivity contribution is -0.384. The van der Waals surface area contributed by atoms with Gasteiger partial charge in [0.15, 0.2) is 0 Å². The van der Waals surface area contributed by atoms with Crippen molar-refractivity contribution in [2.45, 2.75) is 39.7 Å². The van der Waals surface area contributed by atoms with Crippen LogP contribution in [0.3, 0.4) is 0 Å². The van der Waals surface area contributed by atoms with Crippen LogP contribution in [0.5, 0.6) is 5.75 Å². The predicted octanol–water partition coefficient (Wildman–Crippen LogP) is 3.93. The average molecular weight is 281 g/mol. The van der Waals surface area contributed by atoms with E-state index in [1.165, 1.54) is 24.3 Å². The number of ether oxygens (including phenoxy) is 2. The summed E-state index contributed by atoms with van der Waals surface area (Å²) in [7, 11) is 0. The summed E-state index contributed by atoms with van der Waals surface area (Å²) in [5.74, 6) is 0.767. The van der Waals surface area contributed by atoms with Crippen LogP contribution in [0.2, 0.25) is 0 Å². The molecule has 0 aliphatic rings. The minimum Gasteiger partial charge on any atom is -0.431 e. The fourth-order valence-corrected chi connectivity index (χ4v) is 1.55. The summed E-state index contributed by atoms with van der Waals surface area (Å²) in [6.07, 6.45) is 0.719. The van der Waals surface area contributed by atoms with Crippen LogP contribution in [0.15, 0.2) is 24.3 Å². The molecule has 1 unspecified atom stereocenters. The second-order valence-corrected chi connectivity index (χ2v) is 5.00. The Labute approximate surface area is 117 Å². The van der Waals surface area contributed by atoms with E-state index >= 15 is 0 Å². The van der Waals surface area contributed by atoms with Crippen molar-refractivity contribution < 1.29 is 19.2 Å². The first-order valence-electron chi connectivity index (χ1n) is 6.51. The summed E-state index contributed by atoms with van der Waals surface area (Å²) in [5.41, 5.74) is -0.0592. The van der Waals surface area contributed by atoms with Crippen molar-refractivity contribution in [3.63, 3.8) is 0 Å². The number of rotatable bonds is 6. The summed E-state index contributed by atoms with van der Waals surface area (Å²) in [6, 6.07) is 5.26. The third-order valence-corrected chi connectivity index (χ3v) is 2.70. The van der Waals surface area contributed by atoms with Gasteiger partial charge in [-0.05, 0) is 37.8 Å². The number of nitro groups is 1. The molecule has 6 heteroatoms. The van der Waals surface area contributed by atoms with Crippen molar-refractivity contribution >= 4 is 11.8 Å². The monoisotopic (exact) mass is 281 g/mol. The van der Waals surface area contributed by atoms with E-state index in [1.54, 1.807) is 6.92 Å². The molecule has 20 heavy (non-hydrogen) atoms.